The second-order valence-corrected chi connectivity index (χ2v) is 9.13. The Morgan fingerprint density at radius 2 is 1.50 bits per heavy atom. The van der Waals surface area contributed by atoms with E-state index in [1.807, 2.05) is 6.92 Å². The fourth-order valence-electron chi connectivity index (χ4n) is 3.05. The molecule has 0 bridgehead atoms. The minimum atomic E-state index is -4.21. The number of hydrogen-bond donors (Lipinski definition) is 1. The van der Waals surface area contributed by atoms with Crippen LogP contribution in [0.5, 0.6) is 0 Å². The highest BCUT2D eigenvalue weighted by atomic mass is 32.3. The maximum atomic E-state index is 11.6. The molecule has 6 nitrogen and oxygen atoms in total. The summed E-state index contributed by atoms with van der Waals surface area (Å²) >= 11 is 0. The van der Waals surface area contributed by atoms with E-state index in [2.05, 4.69) is 27.4 Å². The number of carbonyl (C=O) groups excluding carboxylic acids is 1. The van der Waals surface area contributed by atoms with Gasteiger partial charge >= 0.3 is 16.4 Å². The van der Waals surface area contributed by atoms with Gasteiger partial charge in [0, 0.05) is 6.42 Å². The van der Waals surface area contributed by atoms with Crippen LogP contribution in [0.4, 0.5) is 0 Å². The molecular weight excluding hydrogens is 404 g/mol. The lowest BCUT2D eigenvalue weighted by molar-refractivity contribution is -0.134. The Bertz CT molecular complexity index is 530. The van der Waals surface area contributed by atoms with Crippen LogP contribution >= 0.6 is 0 Å². The molecule has 1 atom stereocenters. The van der Waals surface area contributed by atoms with E-state index in [1.54, 1.807) is 0 Å². The molecule has 30 heavy (non-hydrogen) atoms. The zero-order valence-electron chi connectivity index (χ0n) is 19.1. The van der Waals surface area contributed by atoms with Gasteiger partial charge in [-0.05, 0) is 38.5 Å². The average Bonchev–Trinajstić information content (AvgIpc) is 2.69. The summed E-state index contributed by atoms with van der Waals surface area (Å²) in [6.07, 6.45) is 18.6. The van der Waals surface area contributed by atoms with Crippen molar-refractivity contribution in [3.63, 3.8) is 0 Å². The summed E-state index contributed by atoms with van der Waals surface area (Å²) in [6, 6.07) is 0. The van der Waals surface area contributed by atoms with Crippen molar-refractivity contribution in [2.45, 2.75) is 123 Å². The molecule has 0 aliphatic heterocycles. The van der Waals surface area contributed by atoms with Gasteiger partial charge in [0.05, 0.1) is 12.7 Å². The molecule has 0 aromatic heterocycles. The molecule has 0 fully saturated rings. The van der Waals surface area contributed by atoms with E-state index in [-0.39, 0.29) is 19.1 Å². The van der Waals surface area contributed by atoms with Crippen LogP contribution in [-0.2, 0) is 23.6 Å². The van der Waals surface area contributed by atoms with E-state index in [0.717, 1.165) is 64.2 Å². The third kappa shape index (κ3) is 20.4. The molecule has 0 saturated carbocycles. The second kappa shape index (κ2) is 20.0. The number of hydrogen-bond acceptors (Lipinski definition) is 6. The van der Waals surface area contributed by atoms with E-state index in [4.69, 9.17) is 0 Å². The molecule has 178 valence electrons. The topological polar surface area (TPSA) is 89.9 Å². The Kier molecular flexibility index (Phi) is 19.4. The molecule has 0 amide bonds. The number of aliphatic hydroxyl groups excluding tert-OH is 1. The Morgan fingerprint density at radius 1 is 0.867 bits per heavy atom. The summed E-state index contributed by atoms with van der Waals surface area (Å²) in [5.74, 6) is -0.748. The van der Waals surface area contributed by atoms with Crippen LogP contribution in [0.15, 0.2) is 12.2 Å². The first-order valence-corrected chi connectivity index (χ1v) is 13.2. The molecule has 0 saturated heterocycles. The van der Waals surface area contributed by atoms with Gasteiger partial charge in [-0.3, -0.25) is 4.79 Å². The van der Waals surface area contributed by atoms with Crippen LogP contribution in [0.1, 0.15) is 117 Å². The first-order chi connectivity index (χ1) is 14.4. The minimum absolute atomic E-state index is 0.0514. The Hall–Kier alpha value is -0.920. The van der Waals surface area contributed by atoms with Crippen LogP contribution in [0.25, 0.3) is 0 Å². The molecule has 0 aromatic carbocycles. The zero-order valence-corrected chi connectivity index (χ0v) is 20.0. The summed E-state index contributed by atoms with van der Waals surface area (Å²) in [7, 11) is -4.21. The van der Waals surface area contributed by atoms with Gasteiger partial charge < -0.3 is 9.29 Å². The van der Waals surface area contributed by atoms with Gasteiger partial charge in [-0.1, -0.05) is 83.8 Å². The van der Waals surface area contributed by atoms with Crippen LogP contribution in [0.2, 0.25) is 0 Å². The minimum Gasteiger partial charge on any atom is -0.393 e. The monoisotopic (exact) mass is 448 g/mol. The predicted molar refractivity (Wildman–Crippen MR) is 121 cm³/mol. The lowest BCUT2D eigenvalue weighted by atomic mass is 10.1. The standard InChI is InChI=1S/C23H44O6S/c1-3-5-7-14-18-22(24)19-15-12-10-8-9-11-13-16-20-23(25)29-30(26,27)28-21-17-6-4-2/h12,15,22,24H,3-11,13-14,16-21H2,1-2H3/b15-12-/t22-/m1/s1. The summed E-state index contributed by atoms with van der Waals surface area (Å²) in [6.45, 7) is 4.25. The van der Waals surface area contributed by atoms with Gasteiger partial charge in [0.25, 0.3) is 0 Å². The van der Waals surface area contributed by atoms with Crippen molar-refractivity contribution in [2.75, 3.05) is 6.61 Å². The largest absolute Gasteiger partial charge is 0.451 e. The average molecular weight is 449 g/mol. The number of aliphatic hydroxyl groups is 1. The third-order valence-corrected chi connectivity index (χ3v) is 5.73. The van der Waals surface area contributed by atoms with Crippen LogP contribution < -0.4 is 0 Å². The van der Waals surface area contributed by atoms with Crippen LogP contribution in [-0.4, -0.2) is 32.2 Å². The molecule has 0 unspecified atom stereocenters. The highest BCUT2D eigenvalue weighted by molar-refractivity contribution is 7.82. The van der Waals surface area contributed by atoms with Gasteiger partial charge in [0.2, 0.25) is 0 Å². The molecule has 1 N–H and O–H groups in total. The quantitative estimate of drug-likeness (QED) is 0.171. The summed E-state index contributed by atoms with van der Waals surface area (Å²) in [5.41, 5.74) is 0. The Morgan fingerprint density at radius 3 is 2.23 bits per heavy atom. The van der Waals surface area contributed by atoms with E-state index in [0.29, 0.717) is 12.8 Å². The van der Waals surface area contributed by atoms with E-state index < -0.39 is 16.4 Å². The third-order valence-electron chi connectivity index (χ3n) is 4.89. The fraction of sp³-hybridized carbons (Fsp3) is 0.870. The molecule has 0 aliphatic carbocycles. The zero-order chi connectivity index (χ0) is 22.5. The predicted octanol–water partition coefficient (Wildman–Crippen LogP) is 5.99. The first kappa shape index (κ1) is 29.1. The summed E-state index contributed by atoms with van der Waals surface area (Å²) < 4.78 is 32.1. The molecule has 0 aliphatic rings. The van der Waals surface area contributed by atoms with Gasteiger partial charge in [0.15, 0.2) is 0 Å². The normalized spacial score (nSPS) is 13.0. The fourth-order valence-corrected chi connectivity index (χ4v) is 3.73. The van der Waals surface area contributed by atoms with Gasteiger partial charge in [-0.15, -0.1) is 0 Å². The van der Waals surface area contributed by atoms with Gasteiger partial charge in [0.1, 0.15) is 0 Å². The molecule has 0 rings (SSSR count). The van der Waals surface area contributed by atoms with Crippen molar-refractivity contribution in [2.24, 2.45) is 0 Å². The lowest BCUT2D eigenvalue weighted by Gasteiger charge is -2.07. The van der Waals surface area contributed by atoms with Gasteiger partial charge in [-0.2, -0.15) is 8.42 Å². The molecule has 7 heteroatoms. The van der Waals surface area contributed by atoms with Crippen LogP contribution in [0, 0.1) is 0 Å². The van der Waals surface area contributed by atoms with Crippen molar-refractivity contribution in [3.05, 3.63) is 12.2 Å². The SMILES string of the molecule is CCCCCC[C@@H](O)C/C=C\CCCCCCCC(=O)OS(=O)(=O)OCCCCC. The second-order valence-electron chi connectivity index (χ2n) is 7.91. The summed E-state index contributed by atoms with van der Waals surface area (Å²) in [4.78, 5) is 11.6. The highest BCUT2D eigenvalue weighted by Crippen LogP contribution is 2.11. The Balaban J connectivity index is 3.56. The van der Waals surface area contributed by atoms with E-state index in [1.165, 1.54) is 19.3 Å². The molecule has 0 heterocycles. The molecule has 0 aromatic rings. The van der Waals surface area contributed by atoms with Crippen molar-refractivity contribution < 1.29 is 26.7 Å². The first-order valence-electron chi connectivity index (χ1n) is 11.9. The van der Waals surface area contributed by atoms with E-state index in [9.17, 15) is 18.3 Å². The van der Waals surface area contributed by atoms with Gasteiger partial charge in [-0.25, -0.2) is 4.18 Å². The lowest BCUT2D eigenvalue weighted by Crippen LogP contribution is -2.16. The number of carbonyl (C=O) groups is 1. The van der Waals surface area contributed by atoms with Crippen molar-refractivity contribution in [3.8, 4) is 0 Å². The molecule has 0 radical (unpaired) electrons. The number of unbranched alkanes of at least 4 members (excludes halogenated alkanes) is 10. The molecule has 0 spiro atoms. The van der Waals surface area contributed by atoms with E-state index >= 15 is 0 Å². The maximum absolute atomic E-state index is 11.6. The number of rotatable bonds is 21. The van der Waals surface area contributed by atoms with Crippen molar-refractivity contribution in [1.29, 1.82) is 0 Å². The summed E-state index contributed by atoms with van der Waals surface area (Å²) in [5, 5.41) is 9.89. The van der Waals surface area contributed by atoms with Crippen LogP contribution in [0.3, 0.4) is 0 Å². The maximum Gasteiger partial charge on any atom is 0.451 e. The smallest absolute Gasteiger partial charge is 0.393 e. The van der Waals surface area contributed by atoms with Crippen molar-refractivity contribution >= 4 is 16.4 Å². The Labute approximate surface area is 184 Å². The highest BCUT2D eigenvalue weighted by Gasteiger charge is 2.17. The van der Waals surface area contributed by atoms with Crippen molar-refractivity contribution in [1.82, 2.24) is 0 Å². The number of allylic oxidation sites excluding steroid dienone is 1. The molecular formula is C23H44O6S.